The minimum absolute atomic E-state index is 0.0439. The standard InChI is InChI=1S/C19H24N4O3.C2HF3O2/c1-14-4-5-16(26-14)12-22-9-2-6-19(17(24)25)13-23(11-15(19)10-22)18-20-7-3-8-21-18;3-2(4,5)1(6)7/h3-5,7-8,15H,2,6,9-13H2,1H3,(H,24,25);(H,6,7)/t15-,19-;/m0./s1. The molecule has 0 bridgehead atoms. The Labute approximate surface area is 187 Å². The van der Waals surface area contributed by atoms with Crippen molar-refractivity contribution < 1.29 is 37.4 Å². The van der Waals surface area contributed by atoms with Crippen LogP contribution in [0.3, 0.4) is 0 Å². The number of aliphatic carboxylic acids is 2. The van der Waals surface area contributed by atoms with Gasteiger partial charge in [-0.1, -0.05) is 0 Å². The minimum atomic E-state index is -5.08. The summed E-state index contributed by atoms with van der Waals surface area (Å²) in [4.78, 5) is 34.1. The molecule has 2 fully saturated rings. The van der Waals surface area contributed by atoms with Gasteiger partial charge >= 0.3 is 18.1 Å². The summed E-state index contributed by atoms with van der Waals surface area (Å²) in [6.45, 7) is 5.45. The number of carboxylic acids is 2. The van der Waals surface area contributed by atoms with E-state index < -0.39 is 23.5 Å². The number of fused-ring (bicyclic) bond motifs is 1. The predicted molar refractivity (Wildman–Crippen MR) is 109 cm³/mol. The maximum absolute atomic E-state index is 12.3. The molecule has 0 spiro atoms. The van der Waals surface area contributed by atoms with Gasteiger partial charge in [-0.05, 0) is 44.5 Å². The monoisotopic (exact) mass is 470 g/mol. The normalized spacial score (nSPS) is 23.3. The van der Waals surface area contributed by atoms with E-state index >= 15 is 0 Å². The third-order valence-corrected chi connectivity index (χ3v) is 5.95. The van der Waals surface area contributed by atoms with Gasteiger partial charge in [-0.25, -0.2) is 14.8 Å². The lowest BCUT2D eigenvalue weighted by atomic mass is 9.75. The van der Waals surface area contributed by atoms with Crippen molar-refractivity contribution in [1.29, 1.82) is 0 Å². The third kappa shape index (κ3) is 5.81. The zero-order valence-corrected chi connectivity index (χ0v) is 18.0. The fourth-order valence-electron chi connectivity index (χ4n) is 4.40. The van der Waals surface area contributed by atoms with Crippen molar-refractivity contribution >= 4 is 17.9 Å². The van der Waals surface area contributed by atoms with Crippen molar-refractivity contribution in [2.75, 3.05) is 31.1 Å². The molecule has 4 heterocycles. The summed E-state index contributed by atoms with van der Waals surface area (Å²) >= 11 is 0. The molecular weight excluding hydrogens is 445 g/mol. The number of nitrogens with zero attached hydrogens (tertiary/aromatic N) is 4. The molecular formula is C21H25F3N4O5. The first-order valence-electron chi connectivity index (χ1n) is 10.3. The van der Waals surface area contributed by atoms with Crippen molar-refractivity contribution in [3.63, 3.8) is 0 Å². The first-order valence-corrected chi connectivity index (χ1v) is 10.3. The van der Waals surface area contributed by atoms with Gasteiger partial charge in [-0.15, -0.1) is 0 Å². The molecule has 2 saturated heterocycles. The molecule has 9 nitrogen and oxygen atoms in total. The van der Waals surface area contributed by atoms with E-state index in [2.05, 4.69) is 14.9 Å². The zero-order valence-electron chi connectivity index (χ0n) is 18.0. The zero-order chi connectivity index (χ0) is 24.2. The first-order chi connectivity index (χ1) is 15.5. The van der Waals surface area contributed by atoms with E-state index in [1.54, 1.807) is 18.5 Å². The summed E-state index contributed by atoms with van der Waals surface area (Å²) in [5.41, 5.74) is -0.729. The Morgan fingerprint density at radius 3 is 2.42 bits per heavy atom. The number of carbonyl (C=O) groups is 2. The first kappa shape index (κ1) is 24.5. The van der Waals surface area contributed by atoms with E-state index in [9.17, 15) is 23.1 Å². The van der Waals surface area contributed by atoms with E-state index in [-0.39, 0.29) is 5.92 Å². The van der Waals surface area contributed by atoms with Crippen LogP contribution < -0.4 is 4.90 Å². The fourth-order valence-corrected chi connectivity index (χ4v) is 4.40. The number of halogens is 3. The Morgan fingerprint density at radius 1 is 1.21 bits per heavy atom. The Hall–Kier alpha value is -3.15. The number of aromatic nitrogens is 2. The third-order valence-electron chi connectivity index (χ3n) is 5.95. The van der Waals surface area contributed by atoms with Gasteiger partial charge in [0.05, 0.1) is 12.0 Å². The van der Waals surface area contributed by atoms with Gasteiger partial charge in [0.25, 0.3) is 0 Å². The Bertz CT molecular complexity index is 968. The van der Waals surface area contributed by atoms with Crippen molar-refractivity contribution in [3.8, 4) is 0 Å². The molecule has 2 aliphatic heterocycles. The number of aryl methyl sites for hydroxylation is 1. The average molecular weight is 470 g/mol. The van der Waals surface area contributed by atoms with Crippen LogP contribution in [0.15, 0.2) is 35.0 Å². The molecule has 2 aromatic heterocycles. The molecule has 0 aromatic carbocycles. The lowest BCUT2D eigenvalue weighted by Gasteiger charge is -2.29. The molecule has 12 heteroatoms. The number of rotatable bonds is 4. The lowest BCUT2D eigenvalue weighted by molar-refractivity contribution is -0.192. The van der Waals surface area contributed by atoms with Crippen LogP contribution in [0, 0.1) is 18.3 Å². The van der Waals surface area contributed by atoms with Gasteiger partial charge in [0.1, 0.15) is 11.5 Å². The highest BCUT2D eigenvalue weighted by atomic mass is 19.4. The second-order valence-corrected chi connectivity index (χ2v) is 8.24. The Kier molecular flexibility index (Phi) is 7.25. The second kappa shape index (κ2) is 9.77. The molecule has 33 heavy (non-hydrogen) atoms. The molecule has 0 radical (unpaired) electrons. The van der Waals surface area contributed by atoms with Gasteiger partial charge in [0.15, 0.2) is 0 Å². The molecule has 2 aromatic rings. The van der Waals surface area contributed by atoms with E-state index in [4.69, 9.17) is 14.3 Å². The van der Waals surface area contributed by atoms with Crippen molar-refractivity contribution in [2.45, 2.75) is 32.5 Å². The van der Waals surface area contributed by atoms with Gasteiger partial charge in [-0.2, -0.15) is 13.2 Å². The average Bonchev–Trinajstić information content (AvgIpc) is 3.28. The largest absolute Gasteiger partial charge is 0.490 e. The van der Waals surface area contributed by atoms with Gasteiger partial charge < -0.3 is 19.5 Å². The molecule has 180 valence electrons. The van der Waals surface area contributed by atoms with E-state index in [0.717, 1.165) is 37.6 Å². The van der Waals surface area contributed by atoms with Crippen LogP contribution in [0.2, 0.25) is 0 Å². The van der Waals surface area contributed by atoms with Gasteiger partial charge in [0.2, 0.25) is 5.95 Å². The maximum Gasteiger partial charge on any atom is 0.490 e. The molecule has 2 aliphatic rings. The topological polar surface area (TPSA) is 120 Å². The van der Waals surface area contributed by atoms with Crippen LogP contribution in [-0.2, 0) is 16.1 Å². The Morgan fingerprint density at radius 2 is 1.88 bits per heavy atom. The number of hydrogen-bond acceptors (Lipinski definition) is 7. The van der Waals surface area contributed by atoms with Crippen LogP contribution in [0.25, 0.3) is 0 Å². The van der Waals surface area contributed by atoms with Gasteiger partial charge in [-0.3, -0.25) is 9.69 Å². The molecule has 0 aliphatic carbocycles. The summed E-state index contributed by atoms with van der Waals surface area (Å²) in [5, 5.41) is 17.2. The highest BCUT2D eigenvalue weighted by molar-refractivity contribution is 5.77. The highest BCUT2D eigenvalue weighted by Gasteiger charge is 2.54. The van der Waals surface area contributed by atoms with Crippen LogP contribution in [-0.4, -0.2) is 69.4 Å². The van der Waals surface area contributed by atoms with Crippen LogP contribution in [0.5, 0.6) is 0 Å². The van der Waals surface area contributed by atoms with Crippen molar-refractivity contribution in [2.24, 2.45) is 11.3 Å². The Balaban J connectivity index is 0.000000383. The predicted octanol–water partition coefficient (Wildman–Crippen LogP) is 2.81. The molecule has 0 unspecified atom stereocenters. The smallest absolute Gasteiger partial charge is 0.481 e. The minimum Gasteiger partial charge on any atom is -0.481 e. The maximum atomic E-state index is 12.3. The number of alkyl halides is 3. The van der Waals surface area contributed by atoms with E-state index in [0.29, 0.717) is 25.5 Å². The van der Waals surface area contributed by atoms with Crippen molar-refractivity contribution in [3.05, 3.63) is 42.1 Å². The lowest BCUT2D eigenvalue weighted by Crippen LogP contribution is -2.41. The van der Waals surface area contributed by atoms with Crippen molar-refractivity contribution in [1.82, 2.24) is 14.9 Å². The quantitative estimate of drug-likeness (QED) is 0.695. The molecule has 2 N–H and O–H groups in total. The molecule has 0 saturated carbocycles. The van der Waals surface area contributed by atoms with E-state index in [1.165, 1.54) is 0 Å². The second-order valence-electron chi connectivity index (χ2n) is 8.24. The number of anilines is 1. The SMILES string of the molecule is Cc1ccc(CN2CCC[C@]3(C(=O)O)CN(c4ncccn4)C[C@@H]3C2)o1.O=C(O)C(F)(F)F. The van der Waals surface area contributed by atoms with Gasteiger partial charge in [0, 0.05) is 37.9 Å². The van der Waals surface area contributed by atoms with Crippen LogP contribution in [0.4, 0.5) is 19.1 Å². The summed E-state index contributed by atoms with van der Waals surface area (Å²) < 4.78 is 37.4. The number of hydrogen-bond donors (Lipinski definition) is 2. The number of furan rings is 1. The molecule has 0 amide bonds. The number of carboxylic acid groups (broad SMARTS) is 2. The summed E-state index contributed by atoms with van der Waals surface area (Å²) in [6.07, 6.45) is -0.124. The molecule has 2 atom stereocenters. The van der Waals surface area contributed by atoms with Crippen LogP contribution in [0.1, 0.15) is 24.4 Å². The summed E-state index contributed by atoms with van der Waals surface area (Å²) in [5.74, 6) is -0.949. The summed E-state index contributed by atoms with van der Waals surface area (Å²) in [7, 11) is 0. The summed E-state index contributed by atoms with van der Waals surface area (Å²) in [6, 6.07) is 5.75. The van der Waals surface area contributed by atoms with Crippen LogP contribution >= 0.6 is 0 Å². The number of likely N-dealkylation sites (tertiary alicyclic amines) is 1. The highest BCUT2D eigenvalue weighted by Crippen LogP contribution is 2.44. The molecule has 4 rings (SSSR count). The fraction of sp³-hybridized carbons (Fsp3) is 0.524. The van der Waals surface area contributed by atoms with E-state index in [1.807, 2.05) is 24.0 Å².